The number of nitrogens with zero attached hydrogens (tertiary/aromatic N) is 1. The third kappa shape index (κ3) is 5.67. The van der Waals surface area contributed by atoms with E-state index < -0.39 is 10.0 Å². The lowest BCUT2D eigenvalue weighted by Crippen LogP contribution is -2.30. The summed E-state index contributed by atoms with van der Waals surface area (Å²) in [6.45, 7) is 6.34. The van der Waals surface area contributed by atoms with Crippen LogP contribution in [0.15, 0.2) is 59.5 Å². The quantitative estimate of drug-likeness (QED) is 0.649. The number of hydrogen-bond acceptors (Lipinski definition) is 3. The summed E-state index contributed by atoms with van der Waals surface area (Å²) >= 11 is 5.98. The van der Waals surface area contributed by atoms with E-state index in [1.54, 1.807) is 50.3 Å². The van der Waals surface area contributed by atoms with Crippen molar-refractivity contribution in [1.29, 1.82) is 0 Å². The first-order valence-corrected chi connectivity index (χ1v) is 10.9. The van der Waals surface area contributed by atoms with Gasteiger partial charge in [-0.15, -0.1) is 0 Å². The van der Waals surface area contributed by atoms with E-state index in [1.165, 1.54) is 10.4 Å². The second-order valence-corrected chi connectivity index (χ2v) is 8.65. The van der Waals surface area contributed by atoms with E-state index in [9.17, 15) is 13.2 Å². The molecule has 0 aromatic heterocycles. The van der Waals surface area contributed by atoms with Crippen molar-refractivity contribution in [2.75, 3.05) is 13.1 Å². The summed E-state index contributed by atoms with van der Waals surface area (Å²) in [5, 5.41) is 3.49. The fraction of sp³-hybridized carbons (Fsp3) is 0.286. The summed E-state index contributed by atoms with van der Waals surface area (Å²) in [6.07, 6.45) is 3.07. The molecule has 1 atom stereocenters. The summed E-state index contributed by atoms with van der Waals surface area (Å²) in [7, 11) is -3.48. The second-order valence-electron chi connectivity index (χ2n) is 6.28. The summed E-state index contributed by atoms with van der Waals surface area (Å²) in [5.41, 5.74) is 1.66. The summed E-state index contributed by atoms with van der Waals surface area (Å²) in [4.78, 5) is 12.4. The molecule has 150 valence electrons. The van der Waals surface area contributed by atoms with Gasteiger partial charge in [0.1, 0.15) is 0 Å². The lowest BCUT2D eigenvalue weighted by molar-refractivity contribution is -0.117. The van der Waals surface area contributed by atoms with E-state index >= 15 is 0 Å². The molecule has 2 aromatic rings. The number of amides is 1. The number of rotatable bonds is 8. The van der Waals surface area contributed by atoms with Gasteiger partial charge in [0.2, 0.25) is 15.9 Å². The Bertz CT molecular complexity index is 936. The smallest absolute Gasteiger partial charge is 0.244 e. The highest BCUT2D eigenvalue weighted by atomic mass is 35.5. The number of benzene rings is 2. The molecule has 0 heterocycles. The van der Waals surface area contributed by atoms with Gasteiger partial charge in [0.15, 0.2) is 0 Å². The van der Waals surface area contributed by atoms with E-state index in [0.717, 1.165) is 11.1 Å². The van der Waals surface area contributed by atoms with Gasteiger partial charge < -0.3 is 5.32 Å². The monoisotopic (exact) mass is 420 g/mol. The summed E-state index contributed by atoms with van der Waals surface area (Å²) < 4.78 is 26.4. The SMILES string of the molecule is CCN(CC)S(=O)(=O)c1ccc(/C=C/C(=O)N[C@@H](C)c2cccc(Cl)c2)cc1. The Morgan fingerprint density at radius 3 is 2.36 bits per heavy atom. The highest BCUT2D eigenvalue weighted by Crippen LogP contribution is 2.18. The average molecular weight is 421 g/mol. The molecule has 0 unspecified atom stereocenters. The Labute approximate surface area is 172 Å². The molecule has 0 saturated carbocycles. The first kappa shape index (κ1) is 22.1. The number of hydrogen-bond donors (Lipinski definition) is 1. The molecule has 0 aliphatic carbocycles. The fourth-order valence-corrected chi connectivity index (χ4v) is 4.41. The number of carbonyl (C=O) groups excluding carboxylic acids is 1. The lowest BCUT2D eigenvalue weighted by Gasteiger charge is -2.18. The molecule has 7 heteroatoms. The van der Waals surface area contributed by atoms with Crippen LogP contribution in [0, 0.1) is 0 Å². The van der Waals surface area contributed by atoms with Crippen molar-refractivity contribution in [2.24, 2.45) is 0 Å². The van der Waals surface area contributed by atoms with Crippen molar-refractivity contribution >= 4 is 33.6 Å². The molecular formula is C21H25ClN2O3S. The predicted molar refractivity (Wildman–Crippen MR) is 114 cm³/mol. The fourth-order valence-electron chi connectivity index (χ4n) is 2.76. The Balaban J connectivity index is 2.03. The molecule has 0 bridgehead atoms. The van der Waals surface area contributed by atoms with E-state index in [4.69, 9.17) is 11.6 Å². The zero-order chi connectivity index (χ0) is 20.7. The number of halogens is 1. The average Bonchev–Trinajstić information content (AvgIpc) is 2.67. The molecule has 0 fully saturated rings. The van der Waals surface area contributed by atoms with Gasteiger partial charge >= 0.3 is 0 Å². The van der Waals surface area contributed by atoms with Gasteiger partial charge in [0.05, 0.1) is 10.9 Å². The minimum atomic E-state index is -3.48. The molecular weight excluding hydrogens is 396 g/mol. The van der Waals surface area contributed by atoms with Crippen LogP contribution in [0.5, 0.6) is 0 Å². The van der Waals surface area contributed by atoms with Crippen molar-refractivity contribution in [3.63, 3.8) is 0 Å². The van der Waals surface area contributed by atoms with Crippen LogP contribution in [-0.4, -0.2) is 31.7 Å². The normalized spacial score (nSPS) is 13.0. The van der Waals surface area contributed by atoms with Gasteiger partial charge in [-0.05, 0) is 48.4 Å². The molecule has 2 aromatic carbocycles. The van der Waals surface area contributed by atoms with Crippen LogP contribution < -0.4 is 5.32 Å². The van der Waals surface area contributed by atoms with Crippen LogP contribution >= 0.6 is 11.6 Å². The van der Waals surface area contributed by atoms with Crippen LogP contribution in [0.1, 0.15) is 37.9 Å². The lowest BCUT2D eigenvalue weighted by atomic mass is 10.1. The molecule has 0 aliphatic heterocycles. The number of nitrogens with one attached hydrogen (secondary N) is 1. The Morgan fingerprint density at radius 2 is 1.79 bits per heavy atom. The van der Waals surface area contributed by atoms with Gasteiger partial charge in [-0.3, -0.25) is 4.79 Å². The van der Waals surface area contributed by atoms with Gasteiger partial charge in [0.25, 0.3) is 0 Å². The minimum Gasteiger partial charge on any atom is -0.346 e. The molecule has 0 saturated heterocycles. The molecule has 28 heavy (non-hydrogen) atoms. The standard InChI is InChI=1S/C21H25ClN2O3S/c1-4-24(5-2)28(26,27)20-12-9-17(10-13-20)11-14-21(25)23-16(3)18-7-6-8-19(22)15-18/h6-16H,4-5H2,1-3H3,(H,23,25)/b14-11+/t16-/m0/s1. The van der Waals surface area contributed by atoms with Crippen LogP contribution in [0.3, 0.4) is 0 Å². The Kier molecular flexibility index (Phi) is 7.80. The van der Waals surface area contributed by atoms with Crippen molar-refractivity contribution < 1.29 is 13.2 Å². The van der Waals surface area contributed by atoms with Crippen LogP contribution in [-0.2, 0) is 14.8 Å². The van der Waals surface area contributed by atoms with E-state index in [2.05, 4.69) is 5.32 Å². The first-order chi connectivity index (χ1) is 13.3. The zero-order valence-electron chi connectivity index (χ0n) is 16.2. The highest BCUT2D eigenvalue weighted by molar-refractivity contribution is 7.89. The van der Waals surface area contributed by atoms with Crippen molar-refractivity contribution in [1.82, 2.24) is 9.62 Å². The van der Waals surface area contributed by atoms with Crippen molar-refractivity contribution in [2.45, 2.75) is 31.7 Å². The number of carbonyl (C=O) groups is 1. The maximum Gasteiger partial charge on any atom is 0.244 e. The van der Waals surface area contributed by atoms with Crippen LogP contribution in [0.4, 0.5) is 0 Å². The molecule has 0 spiro atoms. The third-order valence-corrected chi connectivity index (χ3v) is 6.66. The highest BCUT2D eigenvalue weighted by Gasteiger charge is 2.20. The maximum absolute atomic E-state index is 12.5. The largest absolute Gasteiger partial charge is 0.346 e. The molecule has 1 N–H and O–H groups in total. The van der Waals surface area contributed by atoms with Crippen molar-refractivity contribution in [3.8, 4) is 0 Å². The minimum absolute atomic E-state index is 0.183. The molecule has 0 aliphatic rings. The van der Waals surface area contributed by atoms with Crippen LogP contribution in [0.25, 0.3) is 6.08 Å². The third-order valence-electron chi connectivity index (χ3n) is 4.36. The van der Waals surface area contributed by atoms with Gasteiger partial charge in [0, 0.05) is 24.2 Å². The van der Waals surface area contributed by atoms with Gasteiger partial charge in [-0.2, -0.15) is 4.31 Å². The maximum atomic E-state index is 12.5. The molecule has 5 nitrogen and oxygen atoms in total. The van der Waals surface area contributed by atoms with E-state index in [-0.39, 0.29) is 16.8 Å². The van der Waals surface area contributed by atoms with Crippen LogP contribution in [0.2, 0.25) is 5.02 Å². The summed E-state index contributed by atoms with van der Waals surface area (Å²) in [5.74, 6) is -0.243. The molecule has 1 amide bonds. The topological polar surface area (TPSA) is 66.5 Å². The van der Waals surface area contributed by atoms with E-state index in [1.807, 2.05) is 25.1 Å². The Morgan fingerprint density at radius 1 is 1.14 bits per heavy atom. The number of sulfonamides is 1. The van der Waals surface area contributed by atoms with E-state index in [0.29, 0.717) is 18.1 Å². The second kappa shape index (κ2) is 9.87. The Hall–Kier alpha value is -2.15. The van der Waals surface area contributed by atoms with Gasteiger partial charge in [-0.1, -0.05) is 49.7 Å². The van der Waals surface area contributed by atoms with Crippen molar-refractivity contribution in [3.05, 3.63) is 70.8 Å². The van der Waals surface area contributed by atoms with Gasteiger partial charge in [-0.25, -0.2) is 8.42 Å². The molecule has 0 radical (unpaired) electrons. The zero-order valence-corrected chi connectivity index (χ0v) is 17.8. The predicted octanol–water partition coefficient (Wildman–Crippen LogP) is 4.26. The summed E-state index contributed by atoms with van der Waals surface area (Å²) in [6, 6.07) is 13.6. The first-order valence-electron chi connectivity index (χ1n) is 9.12. The molecule has 2 rings (SSSR count).